The first-order chi connectivity index (χ1) is 5.25. The van der Waals surface area contributed by atoms with Gasteiger partial charge in [0.15, 0.2) is 0 Å². The van der Waals surface area contributed by atoms with Gasteiger partial charge in [-0.05, 0) is 6.92 Å². The molecule has 1 heterocycles. The largest absolute Gasteiger partial charge is 0.348 e. The molecule has 1 aromatic rings. The molecule has 0 fully saturated rings. The fraction of sp³-hybridized carbons (Fsp3) is 0.333. The maximum Gasteiger partial charge on any atom is 0.272 e. The van der Waals surface area contributed by atoms with E-state index >= 15 is 0 Å². The fourth-order valence-corrected chi connectivity index (χ4v) is 0.950. The van der Waals surface area contributed by atoms with Crippen molar-refractivity contribution in [3.63, 3.8) is 0 Å². The Labute approximate surface area is 67.0 Å². The van der Waals surface area contributed by atoms with E-state index in [2.05, 4.69) is 24.5 Å². The Morgan fingerprint density at radius 3 is 3.09 bits per heavy atom. The Balaban J connectivity index is 2.76. The topological polar surface area (TPSA) is 57.8 Å². The van der Waals surface area contributed by atoms with E-state index in [0.29, 0.717) is 12.0 Å². The molecule has 0 saturated carbocycles. The third-order valence-corrected chi connectivity index (χ3v) is 1.51. The number of carbonyl (C=O) groups excluding carboxylic acids is 1. The number of imidazole rings is 1. The number of hydrogen-bond acceptors (Lipinski definition) is 2. The molecule has 1 atom stereocenters. The molecule has 0 spiro atoms. The number of aryl methyl sites for hydroxylation is 1. The first-order valence-corrected chi connectivity index (χ1v) is 4.05. The highest BCUT2D eigenvalue weighted by atomic mass is 31.0. The minimum atomic E-state index is -0.140. The van der Waals surface area contributed by atoms with Gasteiger partial charge in [-0.2, -0.15) is 0 Å². The average Bonchev–Trinajstić information content (AvgIpc) is 2.36. The molecule has 4 nitrogen and oxygen atoms in total. The molecule has 0 radical (unpaired) electrons. The molecule has 1 rings (SSSR count). The van der Waals surface area contributed by atoms with Crippen LogP contribution in [0.1, 0.15) is 16.2 Å². The summed E-state index contributed by atoms with van der Waals surface area (Å²) in [6, 6.07) is 0. The normalized spacial score (nSPS) is 9.64. The molecular weight excluding hydrogens is 161 g/mol. The van der Waals surface area contributed by atoms with Crippen LogP contribution in [0.2, 0.25) is 0 Å². The summed E-state index contributed by atoms with van der Waals surface area (Å²) >= 11 is 0. The van der Waals surface area contributed by atoms with Crippen LogP contribution >= 0.6 is 9.24 Å². The number of aromatic amines is 1. The zero-order valence-corrected chi connectivity index (χ0v) is 7.37. The lowest BCUT2D eigenvalue weighted by Gasteiger charge is -1.97. The van der Waals surface area contributed by atoms with Crippen molar-refractivity contribution in [3.05, 3.63) is 17.7 Å². The molecule has 1 aromatic heterocycles. The fourth-order valence-electron chi connectivity index (χ4n) is 0.764. The molecule has 0 aromatic carbocycles. The quantitative estimate of drug-likeness (QED) is 0.628. The molecule has 0 saturated heterocycles. The van der Waals surface area contributed by atoms with Crippen molar-refractivity contribution < 1.29 is 4.79 Å². The molecule has 1 unspecified atom stereocenters. The standard InChI is InChI=1S/C6H10N3OP/c1-4-5(8-2-7-4)6(10)9-3-11/h2H,3,11H2,1H3,(H,7,8)(H,9,10). The molecule has 2 N–H and O–H groups in total. The van der Waals surface area contributed by atoms with Crippen LogP contribution in [0.15, 0.2) is 6.33 Å². The van der Waals surface area contributed by atoms with E-state index in [-0.39, 0.29) is 5.91 Å². The van der Waals surface area contributed by atoms with Crippen LogP contribution in [0.4, 0.5) is 0 Å². The summed E-state index contributed by atoms with van der Waals surface area (Å²) in [5.74, 6) is -0.140. The highest BCUT2D eigenvalue weighted by Crippen LogP contribution is 1.99. The highest BCUT2D eigenvalue weighted by molar-refractivity contribution is 7.16. The minimum absolute atomic E-state index is 0.140. The number of hydrogen-bond donors (Lipinski definition) is 2. The lowest BCUT2D eigenvalue weighted by atomic mass is 10.3. The van der Waals surface area contributed by atoms with Crippen LogP contribution in [0, 0.1) is 6.92 Å². The van der Waals surface area contributed by atoms with E-state index in [9.17, 15) is 4.79 Å². The van der Waals surface area contributed by atoms with Gasteiger partial charge in [0, 0.05) is 12.0 Å². The zero-order chi connectivity index (χ0) is 8.27. The summed E-state index contributed by atoms with van der Waals surface area (Å²) in [6.45, 7) is 1.81. The summed E-state index contributed by atoms with van der Waals surface area (Å²) in [4.78, 5) is 17.8. The van der Waals surface area contributed by atoms with Gasteiger partial charge >= 0.3 is 0 Å². The van der Waals surface area contributed by atoms with Gasteiger partial charge < -0.3 is 10.3 Å². The van der Waals surface area contributed by atoms with E-state index in [4.69, 9.17) is 0 Å². The smallest absolute Gasteiger partial charge is 0.272 e. The molecule has 0 aliphatic carbocycles. The third-order valence-electron chi connectivity index (χ3n) is 1.31. The predicted octanol–water partition coefficient (Wildman–Crippen LogP) is 0.281. The Hall–Kier alpha value is -0.890. The van der Waals surface area contributed by atoms with Gasteiger partial charge in [0.05, 0.1) is 6.33 Å². The van der Waals surface area contributed by atoms with E-state index in [1.54, 1.807) is 0 Å². The van der Waals surface area contributed by atoms with Crippen molar-refractivity contribution in [1.82, 2.24) is 15.3 Å². The molecular formula is C6H10N3OP. The van der Waals surface area contributed by atoms with E-state index in [1.165, 1.54) is 6.33 Å². The van der Waals surface area contributed by atoms with Crippen LogP contribution in [0.25, 0.3) is 0 Å². The zero-order valence-electron chi connectivity index (χ0n) is 6.22. The van der Waals surface area contributed by atoms with E-state index in [1.807, 2.05) is 6.92 Å². The first-order valence-electron chi connectivity index (χ1n) is 3.24. The molecule has 0 aliphatic rings. The monoisotopic (exact) mass is 171 g/mol. The lowest BCUT2D eigenvalue weighted by molar-refractivity contribution is 0.0956. The van der Waals surface area contributed by atoms with Gasteiger partial charge in [-0.15, -0.1) is 9.24 Å². The Morgan fingerprint density at radius 1 is 1.91 bits per heavy atom. The van der Waals surface area contributed by atoms with Crippen molar-refractivity contribution in [3.8, 4) is 0 Å². The second kappa shape index (κ2) is 3.49. The SMILES string of the molecule is Cc1[nH]cnc1C(=O)NCP. The Bertz CT molecular complexity index is 258. The van der Waals surface area contributed by atoms with Gasteiger partial charge in [-0.1, -0.05) is 0 Å². The number of nitrogens with one attached hydrogen (secondary N) is 2. The van der Waals surface area contributed by atoms with Crippen LogP contribution in [0.5, 0.6) is 0 Å². The summed E-state index contributed by atoms with van der Waals surface area (Å²) in [6.07, 6.45) is 2.05. The minimum Gasteiger partial charge on any atom is -0.348 e. The number of aromatic nitrogens is 2. The number of H-pyrrole nitrogens is 1. The molecule has 60 valence electrons. The predicted molar refractivity (Wildman–Crippen MR) is 45.4 cm³/mol. The number of carbonyl (C=O) groups is 1. The van der Waals surface area contributed by atoms with E-state index < -0.39 is 0 Å². The van der Waals surface area contributed by atoms with Crippen LogP contribution < -0.4 is 5.32 Å². The maximum atomic E-state index is 11.1. The first kappa shape index (κ1) is 8.21. The van der Waals surface area contributed by atoms with E-state index in [0.717, 1.165) is 5.69 Å². The molecule has 0 aliphatic heterocycles. The Kier molecular flexibility index (Phi) is 2.60. The van der Waals surface area contributed by atoms with Crippen LogP contribution in [-0.4, -0.2) is 22.2 Å². The van der Waals surface area contributed by atoms with Crippen molar-refractivity contribution in [2.75, 3.05) is 6.29 Å². The Morgan fingerprint density at radius 2 is 2.64 bits per heavy atom. The molecule has 11 heavy (non-hydrogen) atoms. The second-order valence-corrected chi connectivity index (χ2v) is 2.49. The van der Waals surface area contributed by atoms with Crippen LogP contribution in [0.3, 0.4) is 0 Å². The number of rotatable bonds is 2. The van der Waals surface area contributed by atoms with Gasteiger partial charge in [-0.25, -0.2) is 4.98 Å². The number of amides is 1. The molecule has 0 bridgehead atoms. The maximum absolute atomic E-state index is 11.1. The van der Waals surface area contributed by atoms with Gasteiger partial charge in [-0.3, -0.25) is 4.79 Å². The highest BCUT2D eigenvalue weighted by Gasteiger charge is 2.08. The summed E-state index contributed by atoms with van der Waals surface area (Å²) in [5, 5.41) is 2.63. The summed E-state index contributed by atoms with van der Waals surface area (Å²) in [5.41, 5.74) is 1.26. The molecule has 5 heteroatoms. The summed E-state index contributed by atoms with van der Waals surface area (Å²) in [7, 11) is 2.42. The summed E-state index contributed by atoms with van der Waals surface area (Å²) < 4.78 is 0. The molecule has 1 amide bonds. The lowest BCUT2D eigenvalue weighted by Crippen LogP contribution is -2.22. The van der Waals surface area contributed by atoms with Gasteiger partial charge in [0.25, 0.3) is 5.91 Å². The van der Waals surface area contributed by atoms with Gasteiger partial charge in [0.2, 0.25) is 0 Å². The average molecular weight is 171 g/mol. The van der Waals surface area contributed by atoms with Crippen molar-refractivity contribution in [2.45, 2.75) is 6.92 Å². The van der Waals surface area contributed by atoms with Crippen molar-refractivity contribution in [1.29, 1.82) is 0 Å². The second-order valence-electron chi connectivity index (χ2n) is 2.09. The van der Waals surface area contributed by atoms with Crippen molar-refractivity contribution in [2.24, 2.45) is 0 Å². The van der Waals surface area contributed by atoms with Gasteiger partial charge in [0.1, 0.15) is 5.69 Å². The van der Waals surface area contributed by atoms with Crippen LogP contribution in [-0.2, 0) is 0 Å². The third kappa shape index (κ3) is 1.77. The number of nitrogens with zero attached hydrogens (tertiary/aromatic N) is 1. The van der Waals surface area contributed by atoms with Crippen molar-refractivity contribution >= 4 is 15.1 Å².